The van der Waals surface area contributed by atoms with Crippen LogP contribution in [0.4, 0.5) is 0 Å². The van der Waals surface area contributed by atoms with Crippen molar-refractivity contribution in [2.24, 2.45) is 0 Å². The zero-order valence-corrected chi connectivity index (χ0v) is 24.9. The van der Waals surface area contributed by atoms with Crippen LogP contribution in [0.5, 0.6) is 29.3 Å². The smallest absolute Gasteiger partial charge is 0.257 e. The highest BCUT2D eigenvalue weighted by molar-refractivity contribution is 9.10. The SMILES string of the molecule is CNCC[C@@](O)(c1cc(OC)nc(OC)c1)[C@@H](c1cc2cc(Br)ccc2nc1OC)c1ccnc(OC)c1OC. The Kier molecular flexibility index (Phi) is 9.28. The molecule has 212 valence electrons. The highest BCUT2D eigenvalue weighted by atomic mass is 79.9. The van der Waals surface area contributed by atoms with Crippen molar-refractivity contribution in [3.8, 4) is 29.3 Å². The molecule has 0 unspecified atom stereocenters. The summed E-state index contributed by atoms with van der Waals surface area (Å²) in [5, 5.41) is 17.0. The van der Waals surface area contributed by atoms with E-state index in [0.717, 1.165) is 15.4 Å². The lowest BCUT2D eigenvalue weighted by molar-refractivity contribution is 0.00911. The van der Waals surface area contributed by atoms with Crippen LogP contribution in [-0.2, 0) is 5.60 Å². The summed E-state index contributed by atoms with van der Waals surface area (Å²) in [5.74, 6) is 0.818. The van der Waals surface area contributed by atoms with Gasteiger partial charge in [-0.3, -0.25) is 0 Å². The van der Waals surface area contributed by atoms with Crippen LogP contribution in [0.25, 0.3) is 10.9 Å². The third-order valence-electron chi connectivity index (χ3n) is 6.81. The molecule has 2 atom stereocenters. The van der Waals surface area contributed by atoms with Gasteiger partial charge in [-0.15, -0.1) is 0 Å². The van der Waals surface area contributed by atoms with E-state index in [-0.39, 0.29) is 12.3 Å². The first-order chi connectivity index (χ1) is 19.3. The lowest BCUT2D eigenvalue weighted by Crippen LogP contribution is -2.38. The fourth-order valence-corrected chi connectivity index (χ4v) is 5.31. The van der Waals surface area contributed by atoms with Gasteiger partial charge in [0.05, 0.1) is 47.0 Å². The third kappa shape index (κ3) is 5.63. The van der Waals surface area contributed by atoms with Crippen molar-refractivity contribution in [2.75, 3.05) is 49.1 Å². The zero-order chi connectivity index (χ0) is 28.9. The molecule has 4 rings (SSSR count). The van der Waals surface area contributed by atoms with E-state index in [0.29, 0.717) is 46.6 Å². The number of aromatic nitrogens is 3. The molecule has 0 radical (unpaired) electrons. The number of aliphatic hydroxyl groups is 1. The lowest BCUT2D eigenvalue weighted by atomic mass is 9.71. The minimum absolute atomic E-state index is 0.276. The monoisotopic (exact) mass is 612 g/mol. The van der Waals surface area contributed by atoms with Crippen LogP contribution in [0, 0.1) is 0 Å². The summed E-state index contributed by atoms with van der Waals surface area (Å²) in [6.07, 6.45) is 1.89. The van der Waals surface area contributed by atoms with Crippen molar-refractivity contribution in [3.05, 3.63) is 69.8 Å². The Hall–Kier alpha value is -3.67. The third-order valence-corrected chi connectivity index (χ3v) is 7.31. The van der Waals surface area contributed by atoms with Crippen LogP contribution in [0.15, 0.2) is 53.1 Å². The van der Waals surface area contributed by atoms with E-state index >= 15 is 0 Å². The zero-order valence-electron chi connectivity index (χ0n) is 23.3. The number of fused-ring (bicyclic) bond motifs is 1. The number of methoxy groups -OCH3 is 5. The highest BCUT2D eigenvalue weighted by Gasteiger charge is 2.44. The summed E-state index contributed by atoms with van der Waals surface area (Å²) < 4.78 is 29.1. The normalized spacial score (nSPS) is 13.4. The molecule has 1 aromatic carbocycles. The molecule has 0 spiro atoms. The Bertz CT molecular complexity index is 1460. The number of rotatable bonds is 12. The molecule has 0 fully saturated rings. The Labute approximate surface area is 241 Å². The van der Waals surface area contributed by atoms with Crippen molar-refractivity contribution < 1.29 is 28.8 Å². The highest BCUT2D eigenvalue weighted by Crippen LogP contribution is 2.51. The van der Waals surface area contributed by atoms with Crippen LogP contribution in [0.3, 0.4) is 0 Å². The quantitative estimate of drug-likeness (QED) is 0.237. The molecule has 0 aliphatic rings. The predicted octanol–water partition coefficient (Wildman–Crippen LogP) is 4.46. The second kappa shape index (κ2) is 12.7. The average molecular weight is 614 g/mol. The van der Waals surface area contributed by atoms with Gasteiger partial charge < -0.3 is 34.1 Å². The Morgan fingerprint density at radius 1 is 0.850 bits per heavy atom. The van der Waals surface area contributed by atoms with Gasteiger partial charge in [0, 0.05) is 39.3 Å². The summed E-state index contributed by atoms with van der Waals surface area (Å²) in [6, 6.07) is 13.0. The van der Waals surface area contributed by atoms with E-state index < -0.39 is 11.5 Å². The van der Waals surface area contributed by atoms with E-state index in [1.165, 1.54) is 28.4 Å². The van der Waals surface area contributed by atoms with Crippen LogP contribution in [0.2, 0.25) is 0 Å². The molecule has 10 nitrogen and oxygen atoms in total. The Balaban J connectivity index is 2.14. The van der Waals surface area contributed by atoms with Gasteiger partial charge in [0.1, 0.15) is 5.60 Å². The summed E-state index contributed by atoms with van der Waals surface area (Å²) in [4.78, 5) is 13.5. The van der Waals surface area contributed by atoms with E-state index in [1.807, 2.05) is 31.3 Å². The van der Waals surface area contributed by atoms with Crippen molar-refractivity contribution in [2.45, 2.75) is 17.9 Å². The van der Waals surface area contributed by atoms with Gasteiger partial charge in [-0.1, -0.05) is 15.9 Å². The van der Waals surface area contributed by atoms with Gasteiger partial charge >= 0.3 is 0 Å². The fraction of sp³-hybridized carbons (Fsp3) is 0.345. The topological polar surface area (TPSA) is 117 Å². The molecule has 4 aromatic rings. The maximum absolute atomic E-state index is 13.0. The predicted molar refractivity (Wildman–Crippen MR) is 155 cm³/mol. The minimum atomic E-state index is -1.58. The molecular weight excluding hydrogens is 580 g/mol. The summed E-state index contributed by atoms with van der Waals surface area (Å²) in [5.41, 5.74) is 0.935. The second-order valence-corrected chi connectivity index (χ2v) is 9.93. The first-order valence-corrected chi connectivity index (χ1v) is 13.3. The Morgan fingerprint density at radius 3 is 2.15 bits per heavy atom. The maximum atomic E-state index is 13.0. The number of halogens is 1. The van der Waals surface area contributed by atoms with Crippen molar-refractivity contribution in [3.63, 3.8) is 0 Å². The molecule has 2 N–H and O–H groups in total. The molecule has 0 bridgehead atoms. The maximum Gasteiger partial charge on any atom is 0.257 e. The van der Waals surface area contributed by atoms with E-state index in [9.17, 15) is 5.11 Å². The van der Waals surface area contributed by atoms with Crippen LogP contribution in [-0.4, -0.2) is 69.2 Å². The first-order valence-electron chi connectivity index (χ1n) is 12.5. The van der Waals surface area contributed by atoms with E-state index in [4.69, 9.17) is 28.7 Å². The standard InChI is InChI=1S/C29H33BrN4O6/c1-31-12-10-29(35,18-15-23(36-2)34-24(16-18)37-3)25(20-9-11-32-28(40-6)26(20)38-4)21-14-17-13-19(30)7-8-22(17)33-27(21)39-5/h7-9,11,13-16,25,31,35H,10,12H2,1-6H3/t25-,29-/m1/s1. The molecule has 0 aliphatic carbocycles. The number of pyridine rings is 3. The molecule has 0 aliphatic heterocycles. The van der Waals surface area contributed by atoms with Gasteiger partial charge in [0.25, 0.3) is 5.88 Å². The van der Waals surface area contributed by atoms with Crippen molar-refractivity contribution in [1.29, 1.82) is 0 Å². The molecule has 0 saturated heterocycles. The summed E-state index contributed by atoms with van der Waals surface area (Å²) >= 11 is 3.56. The number of hydrogen-bond acceptors (Lipinski definition) is 10. The van der Waals surface area contributed by atoms with Gasteiger partial charge in [-0.05, 0) is 55.9 Å². The first kappa shape index (κ1) is 29.3. The van der Waals surface area contributed by atoms with Gasteiger partial charge in [0.2, 0.25) is 17.6 Å². The number of nitrogens with one attached hydrogen (secondary N) is 1. The average Bonchev–Trinajstić information content (AvgIpc) is 2.99. The summed E-state index contributed by atoms with van der Waals surface area (Å²) in [6.45, 7) is 0.472. The van der Waals surface area contributed by atoms with Crippen molar-refractivity contribution >= 4 is 26.8 Å². The van der Waals surface area contributed by atoms with E-state index in [1.54, 1.807) is 31.5 Å². The number of hydrogen-bond donors (Lipinski definition) is 2. The number of nitrogens with zero attached hydrogens (tertiary/aromatic N) is 3. The van der Waals surface area contributed by atoms with Crippen LogP contribution in [0.1, 0.15) is 29.0 Å². The van der Waals surface area contributed by atoms with E-state index in [2.05, 4.69) is 31.2 Å². The molecule has 11 heteroatoms. The lowest BCUT2D eigenvalue weighted by Gasteiger charge is -2.38. The molecule has 40 heavy (non-hydrogen) atoms. The second-order valence-electron chi connectivity index (χ2n) is 9.02. The van der Waals surface area contributed by atoms with Crippen molar-refractivity contribution in [1.82, 2.24) is 20.3 Å². The molecule has 3 aromatic heterocycles. The minimum Gasteiger partial charge on any atom is -0.491 e. The number of benzene rings is 1. The summed E-state index contributed by atoms with van der Waals surface area (Å²) in [7, 11) is 9.47. The molecular formula is C29H33BrN4O6. The van der Waals surface area contributed by atoms with Crippen LogP contribution < -0.4 is 29.0 Å². The number of ether oxygens (including phenoxy) is 5. The van der Waals surface area contributed by atoms with Gasteiger partial charge in [-0.25, -0.2) is 9.97 Å². The molecule has 0 saturated carbocycles. The Morgan fingerprint density at radius 2 is 1.55 bits per heavy atom. The largest absolute Gasteiger partial charge is 0.491 e. The molecule has 0 amide bonds. The fourth-order valence-electron chi connectivity index (χ4n) is 4.93. The van der Waals surface area contributed by atoms with Crippen LogP contribution >= 0.6 is 15.9 Å². The van der Waals surface area contributed by atoms with Gasteiger partial charge in [-0.2, -0.15) is 4.98 Å². The molecule has 3 heterocycles. The van der Waals surface area contributed by atoms with Gasteiger partial charge in [0.15, 0.2) is 5.75 Å².